The summed E-state index contributed by atoms with van der Waals surface area (Å²) in [6, 6.07) is 17.9. The molecule has 1 unspecified atom stereocenters. The van der Waals surface area contributed by atoms with Crippen LogP contribution in [0.5, 0.6) is 11.5 Å². The maximum atomic E-state index is 13.5. The first-order valence-corrected chi connectivity index (χ1v) is 11.7. The molecule has 0 bridgehead atoms. The summed E-state index contributed by atoms with van der Waals surface area (Å²) in [5, 5.41) is 13.9. The highest BCUT2D eigenvalue weighted by Gasteiger charge is 2.22. The zero-order valence-corrected chi connectivity index (χ0v) is 20.4. The van der Waals surface area contributed by atoms with Gasteiger partial charge in [0, 0.05) is 18.2 Å². The van der Waals surface area contributed by atoms with Crippen LogP contribution in [0.4, 0.5) is 11.4 Å². The first kappa shape index (κ1) is 24.7. The van der Waals surface area contributed by atoms with E-state index in [1.807, 2.05) is 0 Å². The van der Waals surface area contributed by atoms with Gasteiger partial charge in [0.25, 0.3) is 11.2 Å². The number of non-ortho nitro benzene ring substituents is 1. The van der Waals surface area contributed by atoms with Crippen molar-refractivity contribution in [2.45, 2.75) is 17.3 Å². The van der Waals surface area contributed by atoms with Crippen molar-refractivity contribution < 1.29 is 19.2 Å². The van der Waals surface area contributed by atoms with Gasteiger partial charge in [0.1, 0.15) is 11.5 Å². The first-order valence-electron chi connectivity index (χ1n) is 10.8. The number of anilines is 1. The van der Waals surface area contributed by atoms with E-state index in [-0.39, 0.29) is 22.7 Å². The molecule has 0 saturated carbocycles. The van der Waals surface area contributed by atoms with Crippen LogP contribution in [0.3, 0.4) is 0 Å². The number of nitrogens with zero attached hydrogens (tertiary/aromatic N) is 3. The van der Waals surface area contributed by atoms with E-state index in [1.54, 1.807) is 55.5 Å². The molecule has 1 N–H and O–H groups in total. The predicted molar refractivity (Wildman–Crippen MR) is 137 cm³/mol. The molecular weight excluding hydrogens is 484 g/mol. The molecule has 1 heterocycles. The third-order valence-corrected chi connectivity index (χ3v) is 6.41. The lowest BCUT2D eigenvalue weighted by molar-refractivity contribution is -0.384. The number of nitro groups is 1. The third-order valence-electron chi connectivity index (χ3n) is 5.36. The van der Waals surface area contributed by atoms with E-state index in [4.69, 9.17) is 9.47 Å². The molecule has 0 aliphatic rings. The summed E-state index contributed by atoms with van der Waals surface area (Å²) in [5.41, 5.74) is 0.727. The van der Waals surface area contributed by atoms with Crippen LogP contribution in [0.1, 0.15) is 6.92 Å². The average molecular weight is 507 g/mol. The van der Waals surface area contributed by atoms with Gasteiger partial charge in [0.2, 0.25) is 5.91 Å². The van der Waals surface area contributed by atoms with E-state index >= 15 is 0 Å². The molecular formula is C25H22N4O6S. The minimum Gasteiger partial charge on any atom is -0.497 e. The minimum absolute atomic E-state index is 0.167. The normalized spacial score (nSPS) is 11.6. The van der Waals surface area contributed by atoms with Gasteiger partial charge in [-0.3, -0.25) is 24.3 Å². The van der Waals surface area contributed by atoms with Crippen LogP contribution < -0.4 is 20.3 Å². The number of hydrogen-bond donors (Lipinski definition) is 1. The lowest BCUT2D eigenvalue weighted by Crippen LogP contribution is -2.26. The van der Waals surface area contributed by atoms with E-state index < -0.39 is 16.1 Å². The van der Waals surface area contributed by atoms with Crippen molar-refractivity contribution in [1.29, 1.82) is 0 Å². The molecule has 0 aliphatic carbocycles. The quantitative estimate of drug-likeness (QED) is 0.161. The SMILES string of the molecule is COc1cccc(-n2c(SC(C)C(=O)Nc3cc([N+](=O)[O-])ccc3OC)nc3ccccc3c2=O)c1. The standard InChI is InChI=1S/C25H22N4O6S/c1-15(23(30)26-21-14-17(29(32)33)11-12-22(21)35-3)36-25-27-20-10-5-4-9-19(20)24(31)28(25)16-7-6-8-18(13-16)34-2/h4-15H,1-3H3,(H,26,30). The monoisotopic (exact) mass is 506 g/mol. The van der Waals surface area contributed by atoms with Gasteiger partial charge in [-0.15, -0.1) is 0 Å². The van der Waals surface area contributed by atoms with Gasteiger partial charge < -0.3 is 14.8 Å². The average Bonchev–Trinajstić information content (AvgIpc) is 2.88. The number of carbonyl (C=O) groups excluding carboxylic acids is 1. The molecule has 36 heavy (non-hydrogen) atoms. The number of methoxy groups -OCH3 is 2. The highest BCUT2D eigenvalue weighted by atomic mass is 32.2. The Morgan fingerprint density at radius 2 is 1.86 bits per heavy atom. The van der Waals surface area contributed by atoms with Gasteiger partial charge >= 0.3 is 0 Å². The number of amides is 1. The Morgan fingerprint density at radius 3 is 2.58 bits per heavy atom. The van der Waals surface area contributed by atoms with Gasteiger partial charge in [-0.2, -0.15) is 0 Å². The Hall–Kier alpha value is -4.38. The lowest BCUT2D eigenvalue weighted by Gasteiger charge is -2.17. The molecule has 0 spiro atoms. The molecule has 11 heteroatoms. The number of nitro benzene ring substituents is 1. The summed E-state index contributed by atoms with van der Waals surface area (Å²) in [4.78, 5) is 41.8. The summed E-state index contributed by atoms with van der Waals surface area (Å²) < 4.78 is 12.0. The Balaban J connectivity index is 1.72. The van der Waals surface area contributed by atoms with Crippen molar-refractivity contribution in [3.63, 3.8) is 0 Å². The van der Waals surface area contributed by atoms with Crippen molar-refractivity contribution in [1.82, 2.24) is 9.55 Å². The zero-order chi connectivity index (χ0) is 25.8. The molecule has 0 saturated heterocycles. The molecule has 3 aromatic carbocycles. The van der Waals surface area contributed by atoms with Crippen molar-refractivity contribution >= 4 is 39.9 Å². The number of ether oxygens (including phenoxy) is 2. The lowest BCUT2D eigenvalue weighted by atomic mass is 10.2. The number of rotatable bonds is 8. The topological polar surface area (TPSA) is 126 Å². The van der Waals surface area contributed by atoms with Crippen LogP contribution >= 0.6 is 11.8 Å². The second kappa shape index (κ2) is 10.5. The molecule has 4 aromatic rings. The van der Waals surface area contributed by atoms with Crippen molar-refractivity contribution in [2.24, 2.45) is 0 Å². The smallest absolute Gasteiger partial charge is 0.271 e. The highest BCUT2D eigenvalue weighted by Crippen LogP contribution is 2.31. The van der Waals surface area contributed by atoms with Crippen molar-refractivity contribution in [3.8, 4) is 17.2 Å². The number of aromatic nitrogens is 2. The maximum absolute atomic E-state index is 13.5. The number of thioether (sulfide) groups is 1. The molecule has 0 fully saturated rings. The number of para-hydroxylation sites is 1. The first-order chi connectivity index (χ1) is 17.3. The van der Waals surface area contributed by atoms with Crippen LogP contribution in [0, 0.1) is 10.1 Å². The Morgan fingerprint density at radius 1 is 1.08 bits per heavy atom. The van der Waals surface area contributed by atoms with Gasteiger partial charge in [0.15, 0.2) is 5.16 Å². The van der Waals surface area contributed by atoms with Crippen LogP contribution in [-0.4, -0.2) is 39.9 Å². The van der Waals surface area contributed by atoms with Gasteiger partial charge in [-0.05, 0) is 37.3 Å². The summed E-state index contributed by atoms with van der Waals surface area (Å²) in [6.07, 6.45) is 0. The Kier molecular flexibility index (Phi) is 7.20. The van der Waals surface area contributed by atoms with Crippen LogP contribution in [0.25, 0.3) is 16.6 Å². The van der Waals surface area contributed by atoms with Gasteiger partial charge in [0.05, 0.1) is 46.7 Å². The van der Waals surface area contributed by atoms with E-state index in [0.29, 0.717) is 27.5 Å². The largest absolute Gasteiger partial charge is 0.497 e. The van der Waals surface area contributed by atoms with Crippen LogP contribution in [0.15, 0.2) is 76.7 Å². The fourth-order valence-electron chi connectivity index (χ4n) is 3.52. The molecule has 184 valence electrons. The highest BCUT2D eigenvalue weighted by molar-refractivity contribution is 8.00. The number of nitrogens with one attached hydrogen (secondary N) is 1. The minimum atomic E-state index is -0.723. The van der Waals surface area contributed by atoms with Crippen LogP contribution in [-0.2, 0) is 4.79 Å². The molecule has 1 amide bonds. The fraction of sp³-hybridized carbons (Fsp3) is 0.160. The zero-order valence-electron chi connectivity index (χ0n) is 19.6. The Bertz CT molecular complexity index is 1520. The molecule has 1 atom stereocenters. The number of hydrogen-bond acceptors (Lipinski definition) is 8. The predicted octanol–water partition coefficient (Wildman–Crippen LogP) is 4.43. The number of carbonyl (C=O) groups is 1. The van der Waals surface area contributed by atoms with E-state index in [9.17, 15) is 19.7 Å². The summed E-state index contributed by atoms with van der Waals surface area (Å²) >= 11 is 1.08. The maximum Gasteiger partial charge on any atom is 0.271 e. The van der Waals surface area contributed by atoms with Crippen molar-refractivity contribution in [2.75, 3.05) is 19.5 Å². The van der Waals surface area contributed by atoms with Crippen LogP contribution in [0.2, 0.25) is 0 Å². The molecule has 10 nitrogen and oxygen atoms in total. The second-order valence-electron chi connectivity index (χ2n) is 7.64. The summed E-state index contributed by atoms with van der Waals surface area (Å²) in [7, 11) is 2.94. The third kappa shape index (κ3) is 5.01. The van der Waals surface area contributed by atoms with E-state index in [0.717, 1.165) is 11.8 Å². The molecule has 4 rings (SSSR count). The van der Waals surface area contributed by atoms with Crippen molar-refractivity contribution in [3.05, 3.63) is 87.2 Å². The summed E-state index contributed by atoms with van der Waals surface area (Å²) in [5.74, 6) is 0.397. The molecule has 1 aromatic heterocycles. The second-order valence-corrected chi connectivity index (χ2v) is 8.95. The van der Waals surface area contributed by atoms with Gasteiger partial charge in [-0.1, -0.05) is 30.0 Å². The molecule has 0 radical (unpaired) electrons. The van der Waals surface area contributed by atoms with E-state index in [1.165, 1.54) is 37.0 Å². The fourth-order valence-corrected chi connectivity index (χ4v) is 4.45. The number of benzene rings is 3. The number of fused-ring (bicyclic) bond motifs is 1. The Labute approximate surface area is 210 Å². The summed E-state index contributed by atoms with van der Waals surface area (Å²) in [6.45, 7) is 1.65. The molecule has 0 aliphatic heterocycles. The van der Waals surface area contributed by atoms with E-state index in [2.05, 4.69) is 10.3 Å². The van der Waals surface area contributed by atoms with Gasteiger partial charge in [-0.25, -0.2) is 4.98 Å².